The number of pyridine rings is 1. The molecule has 0 aliphatic carbocycles. The first-order valence-corrected chi connectivity index (χ1v) is 9.50. The number of aromatic nitrogens is 1. The zero-order valence-corrected chi connectivity index (χ0v) is 16.1. The highest BCUT2D eigenvalue weighted by Gasteiger charge is 2.06. The Kier molecular flexibility index (Phi) is 9.38. The van der Waals surface area contributed by atoms with Crippen molar-refractivity contribution >= 4 is 17.7 Å². The minimum absolute atomic E-state index is 0.476. The summed E-state index contributed by atoms with van der Waals surface area (Å²) >= 11 is 1.81. The number of guanidine groups is 1. The summed E-state index contributed by atoms with van der Waals surface area (Å²) in [6, 6.07) is 14.2. The van der Waals surface area contributed by atoms with Crippen LogP contribution in [-0.2, 0) is 11.3 Å². The highest BCUT2D eigenvalue weighted by molar-refractivity contribution is 7.99. The molecular weight excluding hydrogens is 348 g/mol. The molecule has 1 aromatic heterocycles. The summed E-state index contributed by atoms with van der Waals surface area (Å²) < 4.78 is 10.7. The Bertz CT molecular complexity index is 668. The van der Waals surface area contributed by atoms with Gasteiger partial charge < -0.3 is 20.1 Å². The van der Waals surface area contributed by atoms with E-state index in [2.05, 4.69) is 44.9 Å². The number of thioether (sulfide) groups is 1. The van der Waals surface area contributed by atoms with Crippen LogP contribution in [0.1, 0.15) is 5.56 Å². The van der Waals surface area contributed by atoms with E-state index in [1.54, 1.807) is 20.4 Å². The maximum Gasteiger partial charge on any atom is 0.218 e. The number of methoxy groups -OCH3 is 1. The predicted molar refractivity (Wildman–Crippen MR) is 107 cm³/mol. The van der Waals surface area contributed by atoms with Crippen LogP contribution in [0.15, 0.2) is 58.5 Å². The monoisotopic (exact) mass is 374 g/mol. The predicted octanol–water partition coefficient (Wildman–Crippen LogP) is 2.56. The third-order valence-corrected chi connectivity index (χ3v) is 4.47. The number of nitrogens with one attached hydrogen (secondary N) is 2. The average Bonchev–Trinajstić information content (AvgIpc) is 2.69. The van der Waals surface area contributed by atoms with Gasteiger partial charge in [-0.15, -0.1) is 11.8 Å². The van der Waals surface area contributed by atoms with E-state index in [1.807, 2.05) is 30.0 Å². The summed E-state index contributed by atoms with van der Waals surface area (Å²) in [6.45, 7) is 2.42. The fourth-order valence-electron chi connectivity index (χ4n) is 2.16. The molecule has 0 aliphatic heterocycles. The van der Waals surface area contributed by atoms with Crippen LogP contribution in [0.5, 0.6) is 5.88 Å². The largest absolute Gasteiger partial charge is 0.475 e. The number of hydrogen-bond donors (Lipinski definition) is 2. The number of nitrogens with zero attached hydrogens (tertiary/aromatic N) is 2. The van der Waals surface area contributed by atoms with Crippen LogP contribution in [0.2, 0.25) is 0 Å². The third kappa shape index (κ3) is 7.33. The number of ether oxygens (including phenoxy) is 2. The van der Waals surface area contributed by atoms with Crippen LogP contribution in [0.25, 0.3) is 0 Å². The molecule has 1 heterocycles. The normalized spacial score (nSPS) is 11.2. The molecule has 0 unspecified atom stereocenters. The molecule has 0 spiro atoms. The van der Waals surface area contributed by atoms with Gasteiger partial charge in [-0.3, -0.25) is 4.99 Å². The Morgan fingerprint density at radius 1 is 1.12 bits per heavy atom. The highest BCUT2D eigenvalue weighted by Crippen LogP contribution is 2.16. The van der Waals surface area contributed by atoms with Gasteiger partial charge in [0.05, 0.1) is 6.61 Å². The van der Waals surface area contributed by atoms with Crippen molar-refractivity contribution in [2.45, 2.75) is 11.4 Å². The van der Waals surface area contributed by atoms with Crippen molar-refractivity contribution in [1.82, 2.24) is 15.6 Å². The Morgan fingerprint density at radius 2 is 1.96 bits per heavy atom. The molecule has 0 radical (unpaired) electrons. The molecule has 1 aromatic carbocycles. The second-order valence-corrected chi connectivity index (χ2v) is 6.49. The molecule has 26 heavy (non-hydrogen) atoms. The quantitative estimate of drug-likeness (QED) is 0.288. The topological polar surface area (TPSA) is 67.8 Å². The number of rotatable bonds is 10. The Balaban J connectivity index is 1.74. The van der Waals surface area contributed by atoms with E-state index in [0.29, 0.717) is 25.6 Å². The van der Waals surface area contributed by atoms with Crippen molar-refractivity contribution in [2.75, 3.05) is 39.7 Å². The lowest BCUT2D eigenvalue weighted by atomic mass is 10.2. The second kappa shape index (κ2) is 12.2. The first kappa shape index (κ1) is 20.1. The highest BCUT2D eigenvalue weighted by atomic mass is 32.2. The molecule has 140 valence electrons. The molecule has 0 saturated heterocycles. The lowest BCUT2D eigenvalue weighted by molar-refractivity contribution is 0.143. The summed E-state index contributed by atoms with van der Waals surface area (Å²) in [5, 5.41) is 6.61. The zero-order valence-electron chi connectivity index (χ0n) is 15.3. The zero-order chi connectivity index (χ0) is 18.5. The van der Waals surface area contributed by atoms with Crippen LogP contribution in [0.3, 0.4) is 0 Å². The molecule has 0 saturated carbocycles. The van der Waals surface area contributed by atoms with Gasteiger partial charge in [-0.25, -0.2) is 4.98 Å². The van der Waals surface area contributed by atoms with Crippen molar-refractivity contribution in [3.63, 3.8) is 0 Å². The molecular formula is C19H26N4O2S. The maximum absolute atomic E-state index is 5.65. The van der Waals surface area contributed by atoms with Gasteiger partial charge in [0.25, 0.3) is 0 Å². The van der Waals surface area contributed by atoms with E-state index in [-0.39, 0.29) is 0 Å². The van der Waals surface area contributed by atoms with Crippen molar-refractivity contribution in [3.05, 3.63) is 54.2 Å². The standard InChI is InChI=1S/C19H26N4O2S/c1-20-19(22-11-14-26-17-8-4-3-5-9-17)23-15-16-7-6-10-21-18(16)25-13-12-24-2/h3-10H,11-15H2,1-2H3,(H2,20,22,23). The molecule has 2 rings (SSSR count). The number of benzene rings is 1. The van der Waals surface area contributed by atoms with Crippen LogP contribution >= 0.6 is 11.8 Å². The maximum atomic E-state index is 5.65. The minimum atomic E-state index is 0.476. The first-order valence-electron chi connectivity index (χ1n) is 8.51. The SMILES string of the molecule is CN=C(NCCSc1ccccc1)NCc1cccnc1OCCOC. The van der Waals surface area contributed by atoms with E-state index < -0.39 is 0 Å². The molecule has 0 fully saturated rings. The Morgan fingerprint density at radius 3 is 2.73 bits per heavy atom. The van der Waals surface area contributed by atoms with Crippen molar-refractivity contribution in [1.29, 1.82) is 0 Å². The Hall–Kier alpha value is -2.25. The van der Waals surface area contributed by atoms with Crippen molar-refractivity contribution < 1.29 is 9.47 Å². The molecule has 0 amide bonds. The van der Waals surface area contributed by atoms with Gasteiger partial charge in [0.15, 0.2) is 5.96 Å². The van der Waals surface area contributed by atoms with Gasteiger partial charge in [-0.2, -0.15) is 0 Å². The van der Waals surface area contributed by atoms with Gasteiger partial charge in [0.1, 0.15) is 6.61 Å². The second-order valence-electron chi connectivity index (χ2n) is 5.32. The summed E-state index contributed by atoms with van der Waals surface area (Å²) in [4.78, 5) is 9.81. The Labute approximate surface area is 159 Å². The molecule has 7 heteroatoms. The van der Waals surface area contributed by atoms with Crippen LogP contribution in [0, 0.1) is 0 Å². The van der Waals surface area contributed by atoms with Crippen molar-refractivity contribution in [2.24, 2.45) is 4.99 Å². The molecule has 2 N–H and O–H groups in total. The average molecular weight is 375 g/mol. The summed E-state index contributed by atoms with van der Waals surface area (Å²) in [7, 11) is 3.41. The molecule has 0 atom stereocenters. The summed E-state index contributed by atoms with van der Waals surface area (Å²) in [6.07, 6.45) is 1.72. The molecule has 0 bridgehead atoms. The van der Waals surface area contributed by atoms with Crippen LogP contribution < -0.4 is 15.4 Å². The minimum Gasteiger partial charge on any atom is -0.475 e. The first-order chi connectivity index (χ1) is 12.8. The molecule has 6 nitrogen and oxygen atoms in total. The van der Waals surface area contributed by atoms with E-state index in [0.717, 1.165) is 23.8 Å². The van der Waals surface area contributed by atoms with Gasteiger partial charge in [-0.05, 0) is 18.2 Å². The van der Waals surface area contributed by atoms with E-state index in [4.69, 9.17) is 9.47 Å². The van der Waals surface area contributed by atoms with Gasteiger partial charge in [0, 0.05) is 49.7 Å². The van der Waals surface area contributed by atoms with Gasteiger partial charge >= 0.3 is 0 Å². The lowest BCUT2D eigenvalue weighted by Gasteiger charge is -2.14. The van der Waals surface area contributed by atoms with Crippen molar-refractivity contribution in [3.8, 4) is 5.88 Å². The van der Waals surface area contributed by atoms with Crippen LogP contribution in [0.4, 0.5) is 0 Å². The van der Waals surface area contributed by atoms with E-state index >= 15 is 0 Å². The van der Waals surface area contributed by atoms with Crippen LogP contribution in [-0.4, -0.2) is 50.6 Å². The smallest absolute Gasteiger partial charge is 0.218 e. The van der Waals surface area contributed by atoms with Gasteiger partial charge in [0.2, 0.25) is 5.88 Å². The number of aliphatic imine (C=N–C) groups is 1. The lowest BCUT2D eigenvalue weighted by Crippen LogP contribution is -2.38. The fourth-order valence-corrected chi connectivity index (χ4v) is 2.95. The van der Waals surface area contributed by atoms with E-state index in [1.165, 1.54) is 4.90 Å². The number of hydrogen-bond acceptors (Lipinski definition) is 5. The van der Waals surface area contributed by atoms with E-state index in [9.17, 15) is 0 Å². The van der Waals surface area contributed by atoms with Gasteiger partial charge in [-0.1, -0.05) is 24.3 Å². The third-order valence-electron chi connectivity index (χ3n) is 3.45. The molecule has 2 aromatic rings. The fraction of sp³-hybridized carbons (Fsp3) is 0.368. The summed E-state index contributed by atoms with van der Waals surface area (Å²) in [5.74, 6) is 2.33. The summed E-state index contributed by atoms with van der Waals surface area (Å²) in [5.41, 5.74) is 0.977. The molecule has 0 aliphatic rings.